The van der Waals surface area contributed by atoms with Crippen LogP contribution in [0.3, 0.4) is 0 Å². The second-order valence-corrected chi connectivity index (χ2v) is 4.76. The van der Waals surface area contributed by atoms with Crippen LogP contribution in [0.5, 0.6) is 0 Å². The molecule has 0 aromatic heterocycles. The van der Waals surface area contributed by atoms with Crippen LogP contribution in [-0.2, 0) is 0 Å². The van der Waals surface area contributed by atoms with Crippen LogP contribution in [-0.4, -0.2) is 13.1 Å². The van der Waals surface area contributed by atoms with Crippen molar-refractivity contribution in [3.63, 3.8) is 0 Å². The molecular weight excluding hydrogens is 182 g/mol. The normalized spacial score (nSPS) is 26.5. The smallest absolute Gasteiger partial charge is 0.00698 e. The molecule has 1 aliphatic rings. The summed E-state index contributed by atoms with van der Waals surface area (Å²) in [6.07, 6.45) is 5.38. The van der Waals surface area contributed by atoms with Gasteiger partial charge in [0.15, 0.2) is 0 Å². The SMILES string of the molecule is CNC1CCCC(c2ccc(C)cc2)C1. The van der Waals surface area contributed by atoms with Crippen molar-refractivity contribution in [2.24, 2.45) is 0 Å². The van der Waals surface area contributed by atoms with Crippen LogP contribution >= 0.6 is 0 Å². The number of nitrogens with one attached hydrogen (secondary N) is 1. The minimum absolute atomic E-state index is 0.727. The van der Waals surface area contributed by atoms with Gasteiger partial charge in [0.1, 0.15) is 0 Å². The van der Waals surface area contributed by atoms with Crippen LogP contribution in [0.4, 0.5) is 0 Å². The fraction of sp³-hybridized carbons (Fsp3) is 0.571. The third-order valence-corrected chi connectivity index (χ3v) is 3.63. The van der Waals surface area contributed by atoms with E-state index in [0.29, 0.717) is 0 Å². The lowest BCUT2D eigenvalue weighted by atomic mass is 9.81. The predicted octanol–water partition coefficient (Wildman–Crippen LogP) is 3.24. The number of rotatable bonds is 2. The van der Waals surface area contributed by atoms with Gasteiger partial charge in [0, 0.05) is 6.04 Å². The van der Waals surface area contributed by atoms with Gasteiger partial charge in [0.05, 0.1) is 0 Å². The standard InChI is InChI=1S/C14H21N/c1-11-6-8-12(9-7-11)13-4-3-5-14(10-13)15-2/h6-9,13-15H,3-5,10H2,1-2H3. The van der Waals surface area contributed by atoms with E-state index in [2.05, 4.69) is 43.6 Å². The molecule has 1 heteroatoms. The van der Waals surface area contributed by atoms with Crippen molar-refractivity contribution in [1.29, 1.82) is 0 Å². The summed E-state index contributed by atoms with van der Waals surface area (Å²) in [5.41, 5.74) is 2.89. The van der Waals surface area contributed by atoms with Gasteiger partial charge in [0.2, 0.25) is 0 Å². The summed E-state index contributed by atoms with van der Waals surface area (Å²) in [6, 6.07) is 9.80. The molecule has 1 N–H and O–H groups in total. The first-order chi connectivity index (χ1) is 7.29. The van der Waals surface area contributed by atoms with Crippen LogP contribution in [0.2, 0.25) is 0 Å². The molecule has 15 heavy (non-hydrogen) atoms. The molecule has 0 amide bonds. The van der Waals surface area contributed by atoms with Gasteiger partial charge in [-0.25, -0.2) is 0 Å². The predicted molar refractivity (Wildman–Crippen MR) is 65.2 cm³/mol. The third-order valence-electron chi connectivity index (χ3n) is 3.63. The highest BCUT2D eigenvalue weighted by Crippen LogP contribution is 2.32. The maximum atomic E-state index is 3.42. The van der Waals surface area contributed by atoms with Crippen LogP contribution in [0.25, 0.3) is 0 Å². The zero-order valence-electron chi connectivity index (χ0n) is 9.79. The summed E-state index contributed by atoms with van der Waals surface area (Å²) in [7, 11) is 2.09. The second-order valence-electron chi connectivity index (χ2n) is 4.76. The fourth-order valence-corrected chi connectivity index (χ4v) is 2.59. The van der Waals surface area contributed by atoms with Gasteiger partial charge >= 0.3 is 0 Å². The van der Waals surface area contributed by atoms with E-state index in [1.54, 1.807) is 0 Å². The molecule has 1 aromatic rings. The third kappa shape index (κ3) is 2.60. The Morgan fingerprint density at radius 1 is 1.13 bits per heavy atom. The fourth-order valence-electron chi connectivity index (χ4n) is 2.59. The van der Waals surface area contributed by atoms with Gasteiger partial charge in [-0.1, -0.05) is 36.2 Å². The highest BCUT2D eigenvalue weighted by atomic mass is 14.9. The van der Waals surface area contributed by atoms with E-state index in [1.807, 2.05) is 0 Å². The Hall–Kier alpha value is -0.820. The van der Waals surface area contributed by atoms with Gasteiger partial charge in [-0.15, -0.1) is 0 Å². The molecule has 0 heterocycles. The van der Waals surface area contributed by atoms with Gasteiger partial charge in [-0.2, -0.15) is 0 Å². The first kappa shape index (κ1) is 10.7. The van der Waals surface area contributed by atoms with E-state index in [4.69, 9.17) is 0 Å². The number of aryl methyl sites for hydroxylation is 1. The maximum Gasteiger partial charge on any atom is 0.00698 e. The summed E-state index contributed by atoms with van der Waals surface area (Å²) in [5.74, 6) is 0.775. The van der Waals surface area contributed by atoms with Crippen molar-refractivity contribution >= 4 is 0 Å². The van der Waals surface area contributed by atoms with E-state index in [9.17, 15) is 0 Å². The lowest BCUT2D eigenvalue weighted by molar-refractivity contribution is 0.355. The van der Waals surface area contributed by atoms with Gasteiger partial charge in [0.25, 0.3) is 0 Å². The summed E-state index contributed by atoms with van der Waals surface area (Å²) in [5, 5.41) is 3.42. The Balaban J connectivity index is 2.06. The number of hydrogen-bond acceptors (Lipinski definition) is 1. The molecular formula is C14H21N. The van der Waals surface area contributed by atoms with Crippen molar-refractivity contribution in [3.8, 4) is 0 Å². The second kappa shape index (κ2) is 4.80. The first-order valence-corrected chi connectivity index (χ1v) is 6.03. The van der Waals surface area contributed by atoms with Crippen molar-refractivity contribution < 1.29 is 0 Å². The molecule has 0 bridgehead atoms. The van der Waals surface area contributed by atoms with Crippen molar-refractivity contribution in [1.82, 2.24) is 5.32 Å². The highest BCUT2D eigenvalue weighted by Gasteiger charge is 2.21. The van der Waals surface area contributed by atoms with Crippen LogP contribution in [0, 0.1) is 6.92 Å². The molecule has 1 aliphatic carbocycles. The Bertz CT molecular complexity index is 302. The van der Waals surface area contributed by atoms with Crippen LogP contribution in [0.15, 0.2) is 24.3 Å². The Morgan fingerprint density at radius 3 is 2.53 bits per heavy atom. The van der Waals surface area contributed by atoms with E-state index in [1.165, 1.54) is 36.8 Å². The minimum atomic E-state index is 0.727. The molecule has 82 valence electrons. The molecule has 2 rings (SSSR count). The Labute approximate surface area is 92.9 Å². The molecule has 0 spiro atoms. The van der Waals surface area contributed by atoms with Gasteiger partial charge in [-0.3, -0.25) is 0 Å². The molecule has 0 aliphatic heterocycles. The monoisotopic (exact) mass is 203 g/mol. The lowest BCUT2D eigenvalue weighted by Gasteiger charge is -2.29. The molecule has 2 unspecified atom stereocenters. The molecule has 1 nitrogen and oxygen atoms in total. The molecule has 1 fully saturated rings. The summed E-state index contributed by atoms with van der Waals surface area (Å²) in [4.78, 5) is 0. The van der Waals surface area contributed by atoms with E-state index >= 15 is 0 Å². The summed E-state index contributed by atoms with van der Waals surface area (Å²) in [6.45, 7) is 2.15. The first-order valence-electron chi connectivity index (χ1n) is 6.03. The maximum absolute atomic E-state index is 3.42. The molecule has 0 radical (unpaired) electrons. The number of benzene rings is 1. The highest BCUT2D eigenvalue weighted by molar-refractivity contribution is 5.25. The van der Waals surface area contributed by atoms with Gasteiger partial charge in [-0.05, 0) is 44.7 Å². The molecule has 2 atom stereocenters. The molecule has 0 saturated heterocycles. The van der Waals surface area contributed by atoms with E-state index < -0.39 is 0 Å². The zero-order valence-corrected chi connectivity index (χ0v) is 9.79. The van der Waals surface area contributed by atoms with E-state index in [-0.39, 0.29) is 0 Å². The average Bonchev–Trinajstić information content (AvgIpc) is 2.30. The molecule has 1 saturated carbocycles. The van der Waals surface area contributed by atoms with Crippen molar-refractivity contribution in [3.05, 3.63) is 35.4 Å². The lowest BCUT2D eigenvalue weighted by Crippen LogP contribution is -2.30. The van der Waals surface area contributed by atoms with E-state index in [0.717, 1.165) is 12.0 Å². The Kier molecular flexibility index (Phi) is 3.42. The minimum Gasteiger partial charge on any atom is -0.317 e. The van der Waals surface area contributed by atoms with Crippen molar-refractivity contribution in [2.45, 2.75) is 44.6 Å². The zero-order chi connectivity index (χ0) is 10.7. The largest absolute Gasteiger partial charge is 0.317 e. The van der Waals surface area contributed by atoms with Crippen LogP contribution < -0.4 is 5.32 Å². The van der Waals surface area contributed by atoms with Crippen LogP contribution in [0.1, 0.15) is 42.7 Å². The Morgan fingerprint density at radius 2 is 1.87 bits per heavy atom. The molecule has 1 aromatic carbocycles. The topological polar surface area (TPSA) is 12.0 Å². The summed E-state index contributed by atoms with van der Waals surface area (Å²) >= 11 is 0. The summed E-state index contributed by atoms with van der Waals surface area (Å²) < 4.78 is 0. The quantitative estimate of drug-likeness (QED) is 0.778. The van der Waals surface area contributed by atoms with Crippen molar-refractivity contribution in [2.75, 3.05) is 7.05 Å². The average molecular weight is 203 g/mol. The number of hydrogen-bond donors (Lipinski definition) is 1. The van der Waals surface area contributed by atoms with Gasteiger partial charge < -0.3 is 5.32 Å².